The molecule has 2 N–H and O–H groups in total. The van der Waals surface area contributed by atoms with E-state index in [9.17, 15) is 14.7 Å². The summed E-state index contributed by atoms with van der Waals surface area (Å²) in [5.74, 6) is -1.84. The van der Waals surface area contributed by atoms with Gasteiger partial charge in [0.15, 0.2) is 0 Å². The third kappa shape index (κ3) is 3.45. The lowest BCUT2D eigenvalue weighted by molar-refractivity contribution is -0.141. The van der Waals surface area contributed by atoms with Crippen molar-refractivity contribution < 1.29 is 14.7 Å². The maximum atomic E-state index is 13.1. The second-order valence-electron chi connectivity index (χ2n) is 6.84. The van der Waals surface area contributed by atoms with E-state index >= 15 is 0 Å². The minimum absolute atomic E-state index is 0.227. The third-order valence-electron chi connectivity index (χ3n) is 5.06. The van der Waals surface area contributed by atoms with Crippen LogP contribution < -0.4 is 5.32 Å². The number of amides is 1. The van der Waals surface area contributed by atoms with Crippen molar-refractivity contribution in [3.63, 3.8) is 0 Å². The Bertz CT molecular complexity index is 1000. The number of benzene rings is 3. The molecule has 4 rings (SSSR count). The second kappa shape index (κ2) is 7.60. The van der Waals surface area contributed by atoms with Crippen LogP contribution in [0.5, 0.6) is 0 Å². The molecule has 5 heteroatoms. The Morgan fingerprint density at radius 2 is 1.43 bits per heavy atom. The Kier molecular flexibility index (Phi) is 5.01. The number of carboxylic acid groups (broad SMARTS) is 1. The van der Waals surface area contributed by atoms with Crippen LogP contribution in [0.1, 0.15) is 22.6 Å². The highest BCUT2D eigenvalue weighted by Crippen LogP contribution is 2.44. The molecule has 0 radical (unpaired) electrons. The first-order chi connectivity index (χ1) is 13.5. The van der Waals surface area contributed by atoms with E-state index in [-0.39, 0.29) is 12.3 Å². The lowest BCUT2D eigenvalue weighted by Crippen LogP contribution is -2.44. The van der Waals surface area contributed by atoms with Crippen LogP contribution in [0.3, 0.4) is 0 Å². The zero-order valence-corrected chi connectivity index (χ0v) is 16.5. The molecule has 1 aliphatic carbocycles. The molecule has 1 aliphatic rings. The van der Waals surface area contributed by atoms with Gasteiger partial charge in [-0.2, -0.15) is 0 Å². The maximum Gasteiger partial charge on any atom is 0.326 e. The molecule has 0 saturated heterocycles. The summed E-state index contributed by atoms with van der Waals surface area (Å²) in [5.41, 5.74) is 4.72. The van der Waals surface area contributed by atoms with Crippen LogP contribution in [-0.4, -0.2) is 23.0 Å². The predicted molar refractivity (Wildman–Crippen MR) is 111 cm³/mol. The first kappa shape index (κ1) is 18.4. The van der Waals surface area contributed by atoms with Crippen molar-refractivity contribution in [1.82, 2.24) is 5.32 Å². The van der Waals surface area contributed by atoms with Crippen LogP contribution in [0, 0.1) is 0 Å². The van der Waals surface area contributed by atoms with E-state index in [1.165, 1.54) is 0 Å². The van der Waals surface area contributed by atoms with Crippen molar-refractivity contribution in [1.29, 1.82) is 0 Å². The Balaban J connectivity index is 1.61. The summed E-state index contributed by atoms with van der Waals surface area (Å²) in [6.45, 7) is 0. The number of carbonyl (C=O) groups is 2. The largest absolute Gasteiger partial charge is 0.480 e. The molecule has 3 aromatic carbocycles. The van der Waals surface area contributed by atoms with E-state index in [1.54, 1.807) is 0 Å². The van der Waals surface area contributed by atoms with E-state index in [1.807, 2.05) is 72.8 Å². The molecule has 0 aliphatic heterocycles. The molecule has 1 atom stereocenters. The number of fused-ring (bicyclic) bond motifs is 3. The highest BCUT2D eigenvalue weighted by atomic mass is 79.9. The van der Waals surface area contributed by atoms with E-state index in [0.29, 0.717) is 0 Å². The standard InChI is InChI=1S/C23H18BrNO3/c24-15-11-9-14(10-12-15)13-20(23(27)28)25-22(26)21-18-7-3-1-5-16(18)17-6-2-4-8-19(17)21/h1-12,20-21H,13H2,(H,25,26)(H,27,28)/t20-/m0/s1. The Morgan fingerprint density at radius 3 is 1.96 bits per heavy atom. The topological polar surface area (TPSA) is 66.4 Å². The summed E-state index contributed by atoms with van der Waals surface area (Å²) in [6, 6.07) is 22.0. The van der Waals surface area contributed by atoms with Crippen LogP contribution in [0.15, 0.2) is 77.3 Å². The Labute approximate surface area is 171 Å². The normalized spacial score (nSPS) is 13.5. The van der Waals surface area contributed by atoms with Gasteiger partial charge >= 0.3 is 5.97 Å². The molecule has 0 bridgehead atoms. The molecule has 1 amide bonds. The van der Waals surface area contributed by atoms with Crippen molar-refractivity contribution >= 4 is 27.8 Å². The van der Waals surface area contributed by atoms with Crippen LogP contribution in [0.25, 0.3) is 11.1 Å². The van der Waals surface area contributed by atoms with Gasteiger partial charge in [0.25, 0.3) is 0 Å². The quantitative estimate of drug-likeness (QED) is 0.624. The molecule has 0 heterocycles. The molecule has 0 fully saturated rings. The van der Waals surface area contributed by atoms with Gasteiger partial charge in [0, 0.05) is 10.9 Å². The molecule has 0 aromatic heterocycles. The zero-order chi connectivity index (χ0) is 19.7. The van der Waals surface area contributed by atoms with Gasteiger partial charge in [-0.1, -0.05) is 76.6 Å². The van der Waals surface area contributed by atoms with Gasteiger partial charge in [-0.15, -0.1) is 0 Å². The van der Waals surface area contributed by atoms with Crippen molar-refractivity contribution in [2.24, 2.45) is 0 Å². The van der Waals surface area contributed by atoms with Gasteiger partial charge in [0.05, 0.1) is 5.92 Å². The maximum absolute atomic E-state index is 13.1. The summed E-state index contributed by atoms with van der Waals surface area (Å²) in [6.07, 6.45) is 0.227. The van der Waals surface area contributed by atoms with Crippen molar-refractivity contribution in [2.75, 3.05) is 0 Å². The number of rotatable bonds is 5. The summed E-state index contributed by atoms with van der Waals surface area (Å²) >= 11 is 3.37. The average molecular weight is 436 g/mol. The van der Waals surface area contributed by atoms with Crippen LogP contribution in [0.4, 0.5) is 0 Å². The summed E-state index contributed by atoms with van der Waals surface area (Å²) in [5, 5.41) is 12.4. The van der Waals surface area contributed by atoms with E-state index in [2.05, 4.69) is 21.2 Å². The molecule has 140 valence electrons. The lowest BCUT2D eigenvalue weighted by atomic mass is 9.95. The number of carboxylic acids is 1. The Hall–Kier alpha value is -2.92. The van der Waals surface area contributed by atoms with Gasteiger partial charge in [-0.3, -0.25) is 4.79 Å². The third-order valence-corrected chi connectivity index (χ3v) is 5.59. The first-order valence-corrected chi connectivity index (χ1v) is 9.80. The molecule has 0 unspecified atom stereocenters. The fraction of sp³-hybridized carbons (Fsp3) is 0.130. The van der Waals surface area contributed by atoms with Gasteiger partial charge < -0.3 is 10.4 Å². The summed E-state index contributed by atoms with van der Waals surface area (Å²) < 4.78 is 0.923. The second-order valence-corrected chi connectivity index (χ2v) is 7.75. The molecule has 0 spiro atoms. The van der Waals surface area contributed by atoms with Crippen LogP contribution in [-0.2, 0) is 16.0 Å². The first-order valence-electron chi connectivity index (χ1n) is 9.00. The minimum Gasteiger partial charge on any atom is -0.480 e. The van der Waals surface area contributed by atoms with Crippen LogP contribution in [0.2, 0.25) is 0 Å². The number of hydrogen-bond acceptors (Lipinski definition) is 2. The lowest BCUT2D eigenvalue weighted by Gasteiger charge is -2.19. The zero-order valence-electron chi connectivity index (χ0n) is 14.9. The highest BCUT2D eigenvalue weighted by Gasteiger charge is 2.35. The van der Waals surface area contributed by atoms with Gasteiger partial charge in [-0.25, -0.2) is 4.79 Å². The molecule has 0 saturated carbocycles. The predicted octanol–water partition coefficient (Wildman–Crippen LogP) is 4.37. The number of aliphatic carboxylic acids is 1. The minimum atomic E-state index is -1.05. The molecular formula is C23H18BrNO3. The van der Waals surface area contributed by atoms with E-state index < -0.39 is 17.9 Å². The van der Waals surface area contributed by atoms with Crippen molar-refractivity contribution in [3.8, 4) is 11.1 Å². The van der Waals surface area contributed by atoms with Gasteiger partial charge in [-0.05, 0) is 39.9 Å². The molecule has 3 aromatic rings. The van der Waals surface area contributed by atoms with Crippen molar-refractivity contribution in [2.45, 2.75) is 18.4 Å². The molecular weight excluding hydrogens is 418 g/mol. The van der Waals surface area contributed by atoms with E-state index in [4.69, 9.17) is 0 Å². The van der Waals surface area contributed by atoms with Crippen LogP contribution >= 0.6 is 15.9 Å². The number of carbonyl (C=O) groups excluding carboxylic acids is 1. The smallest absolute Gasteiger partial charge is 0.326 e. The average Bonchev–Trinajstić information content (AvgIpc) is 3.03. The Morgan fingerprint density at radius 1 is 0.893 bits per heavy atom. The highest BCUT2D eigenvalue weighted by molar-refractivity contribution is 9.10. The molecule has 4 nitrogen and oxygen atoms in total. The number of nitrogens with one attached hydrogen (secondary N) is 1. The summed E-state index contributed by atoms with van der Waals surface area (Å²) in [4.78, 5) is 24.9. The molecule has 28 heavy (non-hydrogen) atoms. The summed E-state index contributed by atoms with van der Waals surface area (Å²) in [7, 11) is 0. The van der Waals surface area contributed by atoms with E-state index in [0.717, 1.165) is 32.3 Å². The fourth-order valence-corrected chi connectivity index (χ4v) is 4.01. The SMILES string of the molecule is O=C(N[C@@H](Cc1ccc(Br)cc1)C(=O)O)C1c2ccccc2-c2ccccc21. The monoisotopic (exact) mass is 435 g/mol. The van der Waals surface area contributed by atoms with Gasteiger partial charge in [0.2, 0.25) is 5.91 Å². The van der Waals surface area contributed by atoms with Gasteiger partial charge in [0.1, 0.15) is 6.04 Å². The van der Waals surface area contributed by atoms with Crippen molar-refractivity contribution in [3.05, 3.63) is 94.0 Å². The number of hydrogen-bond donors (Lipinski definition) is 2. The fourth-order valence-electron chi connectivity index (χ4n) is 3.75. The number of halogens is 1.